The Kier molecular flexibility index (Phi) is 4.83. The number of aliphatic hydroxyl groups is 1. The number of likely N-dealkylation sites (tertiary alicyclic amines) is 1. The van der Waals surface area contributed by atoms with Crippen molar-refractivity contribution in [3.8, 4) is 11.5 Å². The van der Waals surface area contributed by atoms with Gasteiger partial charge in [0.05, 0.1) is 18.3 Å². The Labute approximate surface area is 157 Å². The second-order valence-electron chi connectivity index (χ2n) is 6.94. The Morgan fingerprint density at radius 3 is 2.74 bits per heavy atom. The molecule has 2 aromatic heterocycles. The Balaban J connectivity index is 1.52. The van der Waals surface area contributed by atoms with E-state index in [1.165, 1.54) is 5.56 Å². The van der Waals surface area contributed by atoms with E-state index >= 15 is 0 Å². The minimum atomic E-state index is -0.414. The summed E-state index contributed by atoms with van der Waals surface area (Å²) in [5.41, 5.74) is 2.90. The Morgan fingerprint density at radius 2 is 2.04 bits per heavy atom. The van der Waals surface area contributed by atoms with Crippen molar-refractivity contribution < 1.29 is 9.63 Å². The van der Waals surface area contributed by atoms with Gasteiger partial charge >= 0.3 is 0 Å². The summed E-state index contributed by atoms with van der Waals surface area (Å²) in [5.74, 6) is 0.909. The molecule has 1 fully saturated rings. The molecule has 1 saturated heterocycles. The fraction of sp³-hybridized carbons (Fsp3) is 0.368. The first-order valence-electron chi connectivity index (χ1n) is 8.88. The van der Waals surface area contributed by atoms with Crippen LogP contribution >= 0.6 is 0 Å². The molecule has 0 bridgehead atoms. The first-order chi connectivity index (χ1) is 13.1. The molecule has 1 aromatic carbocycles. The molecule has 8 heteroatoms. The SMILES string of the molecule is CN(C)c1ccc(CN2C[C@H](O)C[C@H]2c2nc(-c3cnccn3)no2)cc1. The van der Waals surface area contributed by atoms with E-state index in [1.54, 1.807) is 18.6 Å². The molecule has 3 aromatic rings. The van der Waals surface area contributed by atoms with Crippen molar-refractivity contribution in [2.24, 2.45) is 0 Å². The first-order valence-corrected chi connectivity index (χ1v) is 8.88. The molecule has 1 aliphatic heterocycles. The van der Waals surface area contributed by atoms with Gasteiger partial charge in [-0.3, -0.25) is 9.88 Å². The second-order valence-corrected chi connectivity index (χ2v) is 6.94. The van der Waals surface area contributed by atoms with Gasteiger partial charge in [-0.25, -0.2) is 4.98 Å². The molecular weight excluding hydrogens is 344 g/mol. The van der Waals surface area contributed by atoms with Gasteiger partial charge in [-0.05, 0) is 24.1 Å². The van der Waals surface area contributed by atoms with Crippen molar-refractivity contribution in [2.75, 3.05) is 25.5 Å². The maximum Gasteiger partial charge on any atom is 0.244 e. The smallest absolute Gasteiger partial charge is 0.244 e. The van der Waals surface area contributed by atoms with Crippen molar-refractivity contribution in [3.05, 3.63) is 54.3 Å². The van der Waals surface area contributed by atoms with Gasteiger partial charge in [0.25, 0.3) is 0 Å². The highest BCUT2D eigenvalue weighted by Crippen LogP contribution is 2.33. The topological polar surface area (TPSA) is 91.4 Å². The van der Waals surface area contributed by atoms with Crippen LogP contribution < -0.4 is 4.90 Å². The maximum atomic E-state index is 10.2. The number of benzene rings is 1. The molecule has 0 spiro atoms. The Hall–Kier alpha value is -2.84. The predicted molar refractivity (Wildman–Crippen MR) is 99.9 cm³/mol. The average molecular weight is 366 g/mol. The van der Waals surface area contributed by atoms with E-state index in [4.69, 9.17) is 4.52 Å². The molecule has 8 nitrogen and oxygen atoms in total. The fourth-order valence-corrected chi connectivity index (χ4v) is 3.33. The third-order valence-corrected chi connectivity index (χ3v) is 4.74. The molecule has 0 amide bonds. The maximum absolute atomic E-state index is 10.2. The molecule has 140 valence electrons. The number of nitrogens with zero attached hydrogens (tertiary/aromatic N) is 6. The molecule has 0 aliphatic carbocycles. The molecule has 0 saturated carbocycles. The molecule has 1 aliphatic rings. The second kappa shape index (κ2) is 7.42. The summed E-state index contributed by atoms with van der Waals surface area (Å²) in [6, 6.07) is 8.28. The van der Waals surface area contributed by atoms with Crippen molar-refractivity contribution in [1.82, 2.24) is 25.0 Å². The lowest BCUT2D eigenvalue weighted by molar-refractivity contribution is 0.169. The van der Waals surface area contributed by atoms with Gasteiger partial charge in [-0.1, -0.05) is 17.3 Å². The molecule has 3 heterocycles. The normalized spacial score (nSPS) is 20.1. The van der Waals surface area contributed by atoms with Crippen molar-refractivity contribution in [3.63, 3.8) is 0 Å². The number of hydrogen-bond acceptors (Lipinski definition) is 8. The van der Waals surface area contributed by atoms with Gasteiger partial charge in [0.15, 0.2) is 0 Å². The predicted octanol–water partition coefficient (Wildman–Crippen LogP) is 1.90. The van der Waals surface area contributed by atoms with Crippen LogP contribution in [0.4, 0.5) is 5.69 Å². The van der Waals surface area contributed by atoms with E-state index in [-0.39, 0.29) is 6.04 Å². The van der Waals surface area contributed by atoms with Gasteiger partial charge in [-0.15, -0.1) is 0 Å². The molecule has 1 N–H and O–H groups in total. The summed E-state index contributed by atoms with van der Waals surface area (Å²) < 4.78 is 5.48. The van der Waals surface area contributed by atoms with Gasteiger partial charge in [-0.2, -0.15) is 4.98 Å². The van der Waals surface area contributed by atoms with Gasteiger partial charge < -0.3 is 14.5 Å². The van der Waals surface area contributed by atoms with E-state index in [9.17, 15) is 5.11 Å². The largest absolute Gasteiger partial charge is 0.392 e. The monoisotopic (exact) mass is 366 g/mol. The van der Waals surface area contributed by atoms with Gasteiger partial charge in [0, 0.05) is 45.3 Å². The number of anilines is 1. The highest BCUT2D eigenvalue weighted by Gasteiger charge is 2.36. The van der Waals surface area contributed by atoms with Crippen molar-refractivity contribution in [1.29, 1.82) is 0 Å². The lowest BCUT2D eigenvalue weighted by atomic mass is 10.1. The van der Waals surface area contributed by atoms with E-state index in [1.807, 2.05) is 14.1 Å². The third kappa shape index (κ3) is 3.81. The summed E-state index contributed by atoms with van der Waals surface area (Å²) in [7, 11) is 4.04. The van der Waals surface area contributed by atoms with Crippen LogP contribution in [0.5, 0.6) is 0 Å². The van der Waals surface area contributed by atoms with Crippen LogP contribution in [0.3, 0.4) is 0 Å². The summed E-state index contributed by atoms with van der Waals surface area (Å²) >= 11 is 0. The summed E-state index contributed by atoms with van der Waals surface area (Å²) in [6.07, 6.45) is 4.94. The molecule has 27 heavy (non-hydrogen) atoms. The average Bonchev–Trinajstić information content (AvgIpc) is 3.29. The highest BCUT2D eigenvalue weighted by atomic mass is 16.5. The van der Waals surface area contributed by atoms with Crippen LogP contribution in [-0.2, 0) is 6.54 Å². The Morgan fingerprint density at radius 1 is 1.22 bits per heavy atom. The summed E-state index contributed by atoms with van der Waals surface area (Å²) in [5, 5.41) is 14.2. The zero-order valence-corrected chi connectivity index (χ0v) is 15.4. The lowest BCUT2D eigenvalue weighted by Crippen LogP contribution is -2.24. The number of aromatic nitrogens is 4. The number of aliphatic hydroxyl groups excluding tert-OH is 1. The standard InChI is InChI=1S/C19H22N6O2/c1-24(2)14-5-3-13(4-6-14)11-25-12-15(26)9-17(25)19-22-18(23-27-19)16-10-20-7-8-21-16/h3-8,10,15,17,26H,9,11-12H2,1-2H3/t15-,17+/m1/s1. The van der Waals surface area contributed by atoms with Crippen LogP contribution in [0.1, 0.15) is 23.9 Å². The highest BCUT2D eigenvalue weighted by molar-refractivity contribution is 5.46. The zero-order valence-electron chi connectivity index (χ0n) is 15.4. The number of rotatable bonds is 5. The van der Waals surface area contributed by atoms with E-state index < -0.39 is 6.10 Å². The zero-order chi connectivity index (χ0) is 18.8. The van der Waals surface area contributed by atoms with E-state index in [2.05, 4.69) is 54.2 Å². The lowest BCUT2D eigenvalue weighted by Gasteiger charge is -2.21. The third-order valence-electron chi connectivity index (χ3n) is 4.74. The molecule has 0 unspecified atom stereocenters. The van der Waals surface area contributed by atoms with Crippen LogP contribution in [0.15, 0.2) is 47.4 Å². The van der Waals surface area contributed by atoms with Gasteiger partial charge in [0.1, 0.15) is 5.69 Å². The summed E-state index contributed by atoms with van der Waals surface area (Å²) in [4.78, 5) is 17.0. The molecular formula is C19H22N6O2. The molecule has 2 atom stereocenters. The van der Waals surface area contributed by atoms with Crippen LogP contribution in [0.2, 0.25) is 0 Å². The minimum absolute atomic E-state index is 0.119. The Bertz CT molecular complexity index is 881. The summed E-state index contributed by atoms with van der Waals surface area (Å²) in [6.45, 7) is 1.28. The quantitative estimate of drug-likeness (QED) is 0.732. The molecule has 4 rings (SSSR count). The van der Waals surface area contributed by atoms with E-state index in [0.29, 0.717) is 36.9 Å². The first kappa shape index (κ1) is 17.6. The number of hydrogen-bond donors (Lipinski definition) is 1. The van der Waals surface area contributed by atoms with Crippen molar-refractivity contribution >= 4 is 5.69 Å². The number of β-amino-alcohol motifs (C(OH)–C–C–N with tert-alkyl or cyclic N) is 1. The minimum Gasteiger partial charge on any atom is -0.392 e. The van der Waals surface area contributed by atoms with Crippen LogP contribution in [0.25, 0.3) is 11.5 Å². The van der Waals surface area contributed by atoms with E-state index in [0.717, 1.165) is 5.69 Å². The van der Waals surface area contributed by atoms with Gasteiger partial charge in [0.2, 0.25) is 11.7 Å². The van der Waals surface area contributed by atoms with Crippen LogP contribution in [-0.4, -0.2) is 56.9 Å². The molecule has 0 radical (unpaired) electrons. The van der Waals surface area contributed by atoms with Crippen molar-refractivity contribution in [2.45, 2.75) is 25.1 Å². The fourth-order valence-electron chi connectivity index (χ4n) is 3.33. The van der Waals surface area contributed by atoms with Crippen LogP contribution in [0, 0.1) is 0 Å².